The molecule has 8 heteroatoms. The molecule has 0 spiro atoms. The monoisotopic (exact) mass is 449 g/mol. The van der Waals surface area contributed by atoms with Gasteiger partial charge in [0, 0.05) is 31.9 Å². The third kappa shape index (κ3) is 5.26. The van der Waals surface area contributed by atoms with Crippen LogP contribution in [-0.4, -0.2) is 48.0 Å². The maximum Gasteiger partial charge on any atom is 0.323 e. The second kappa shape index (κ2) is 9.82. The summed E-state index contributed by atoms with van der Waals surface area (Å²) in [6.45, 7) is 7.02. The zero-order chi connectivity index (χ0) is 22.5. The van der Waals surface area contributed by atoms with Gasteiger partial charge in [-0.3, -0.25) is 4.79 Å². The highest BCUT2D eigenvalue weighted by Gasteiger charge is 2.21. The van der Waals surface area contributed by atoms with Crippen molar-refractivity contribution < 1.29 is 9.59 Å². The van der Waals surface area contributed by atoms with Gasteiger partial charge in [-0.2, -0.15) is 0 Å². The van der Waals surface area contributed by atoms with Crippen LogP contribution in [0.5, 0.6) is 0 Å². The Bertz CT molecular complexity index is 1080. The maximum atomic E-state index is 12.6. The Labute approximate surface area is 192 Å². The molecular weight excluding hydrogens is 422 g/mol. The molecule has 3 heterocycles. The summed E-state index contributed by atoms with van der Waals surface area (Å²) in [7, 11) is 0. The second-order valence-electron chi connectivity index (χ2n) is 7.89. The number of aryl methyl sites for hydroxylation is 2. The summed E-state index contributed by atoms with van der Waals surface area (Å²) in [5.41, 5.74) is 3.69. The number of nitrogens with one attached hydrogen (secondary N) is 2. The Morgan fingerprint density at radius 2 is 1.75 bits per heavy atom. The Hall–Kier alpha value is -3.39. The smallest absolute Gasteiger partial charge is 0.323 e. The number of thiophene rings is 1. The van der Waals surface area contributed by atoms with Crippen LogP contribution in [-0.2, 0) is 0 Å². The molecule has 0 unspecified atom stereocenters. The Balaban J connectivity index is 1.32. The highest BCUT2D eigenvalue weighted by atomic mass is 32.1. The molecule has 0 radical (unpaired) electrons. The van der Waals surface area contributed by atoms with E-state index in [2.05, 4.69) is 20.5 Å². The molecule has 0 atom stereocenters. The minimum absolute atomic E-state index is 0.101. The normalized spacial score (nSPS) is 14.1. The van der Waals surface area contributed by atoms with E-state index in [9.17, 15) is 9.59 Å². The van der Waals surface area contributed by atoms with Gasteiger partial charge in [-0.15, -0.1) is 11.3 Å². The lowest BCUT2D eigenvalue weighted by Gasteiger charge is -2.22. The van der Waals surface area contributed by atoms with Crippen molar-refractivity contribution in [1.29, 1.82) is 0 Å². The van der Waals surface area contributed by atoms with Crippen LogP contribution < -0.4 is 15.5 Å². The van der Waals surface area contributed by atoms with Crippen molar-refractivity contribution in [2.75, 3.05) is 41.7 Å². The minimum atomic E-state index is -0.305. The van der Waals surface area contributed by atoms with E-state index in [0.29, 0.717) is 12.2 Å². The number of rotatable bonds is 4. The van der Waals surface area contributed by atoms with Gasteiger partial charge >= 0.3 is 6.03 Å². The van der Waals surface area contributed by atoms with Crippen molar-refractivity contribution in [3.63, 3.8) is 0 Å². The van der Waals surface area contributed by atoms with E-state index in [0.717, 1.165) is 48.0 Å². The number of benzene rings is 1. The molecule has 32 heavy (non-hydrogen) atoms. The minimum Gasteiger partial charge on any atom is -0.355 e. The van der Waals surface area contributed by atoms with Gasteiger partial charge in [0.05, 0.1) is 16.8 Å². The fourth-order valence-electron chi connectivity index (χ4n) is 3.67. The molecule has 4 rings (SSSR count). The number of amides is 3. The number of aromatic nitrogens is 1. The van der Waals surface area contributed by atoms with Crippen LogP contribution in [0.4, 0.5) is 22.0 Å². The topological polar surface area (TPSA) is 77.6 Å². The van der Waals surface area contributed by atoms with Gasteiger partial charge in [0.1, 0.15) is 5.82 Å². The van der Waals surface area contributed by atoms with Crippen LogP contribution in [0.25, 0.3) is 0 Å². The number of hydrogen-bond acceptors (Lipinski definition) is 5. The molecule has 1 fully saturated rings. The fraction of sp³-hybridized carbons (Fsp3) is 0.292. The van der Waals surface area contributed by atoms with E-state index in [1.54, 1.807) is 6.20 Å². The quantitative estimate of drug-likeness (QED) is 0.602. The van der Waals surface area contributed by atoms with Crippen LogP contribution >= 0.6 is 11.3 Å². The van der Waals surface area contributed by atoms with Gasteiger partial charge in [0.25, 0.3) is 5.91 Å². The predicted molar refractivity (Wildman–Crippen MR) is 130 cm³/mol. The second-order valence-corrected chi connectivity index (χ2v) is 8.84. The number of nitrogens with zero attached hydrogens (tertiary/aromatic N) is 3. The van der Waals surface area contributed by atoms with Gasteiger partial charge in [0.15, 0.2) is 0 Å². The van der Waals surface area contributed by atoms with Crippen LogP contribution in [0.15, 0.2) is 54.0 Å². The summed E-state index contributed by atoms with van der Waals surface area (Å²) in [5, 5.41) is 7.60. The first kappa shape index (κ1) is 21.8. The molecule has 1 saturated heterocycles. The van der Waals surface area contributed by atoms with Gasteiger partial charge in [0.2, 0.25) is 0 Å². The average molecular weight is 450 g/mol. The van der Waals surface area contributed by atoms with E-state index in [1.165, 1.54) is 16.9 Å². The van der Waals surface area contributed by atoms with E-state index in [4.69, 9.17) is 0 Å². The van der Waals surface area contributed by atoms with Crippen LogP contribution in [0, 0.1) is 13.8 Å². The van der Waals surface area contributed by atoms with Crippen LogP contribution in [0.1, 0.15) is 27.2 Å². The molecule has 0 saturated carbocycles. The molecule has 166 valence electrons. The molecule has 3 aromatic rings. The highest BCUT2D eigenvalue weighted by Crippen LogP contribution is 2.19. The summed E-state index contributed by atoms with van der Waals surface area (Å²) >= 11 is 1.48. The van der Waals surface area contributed by atoms with E-state index < -0.39 is 0 Å². The number of urea groups is 1. The maximum absolute atomic E-state index is 12.6. The van der Waals surface area contributed by atoms with E-state index in [-0.39, 0.29) is 11.9 Å². The lowest BCUT2D eigenvalue weighted by molar-refractivity contribution is 0.0772. The fourth-order valence-corrected chi connectivity index (χ4v) is 4.36. The van der Waals surface area contributed by atoms with Crippen molar-refractivity contribution in [3.05, 3.63) is 70.0 Å². The lowest BCUT2D eigenvalue weighted by Crippen LogP contribution is -2.35. The lowest BCUT2D eigenvalue weighted by atomic mass is 10.1. The summed E-state index contributed by atoms with van der Waals surface area (Å²) < 4.78 is 0. The molecule has 1 aromatic carbocycles. The van der Waals surface area contributed by atoms with Crippen molar-refractivity contribution in [2.45, 2.75) is 20.3 Å². The van der Waals surface area contributed by atoms with Crippen molar-refractivity contribution in [2.24, 2.45) is 0 Å². The van der Waals surface area contributed by atoms with Crippen molar-refractivity contribution in [3.8, 4) is 0 Å². The van der Waals surface area contributed by atoms with E-state index in [1.807, 2.05) is 66.6 Å². The first-order valence-corrected chi connectivity index (χ1v) is 11.6. The molecule has 0 bridgehead atoms. The molecular formula is C24H27N5O2S. The number of pyridine rings is 1. The summed E-state index contributed by atoms with van der Waals surface area (Å²) in [6, 6.07) is 13.0. The predicted octanol–water partition coefficient (Wildman–Crippen LogP) is 4.76. The van der Waals surface area contributed by atoms with Crippen LogP contribution in [0.3, 0.4) is 0 Å². The SMILES string of the molecule is Cc1ccc(NC(=O)Nc2ccc(N3CCCN(C(=O)c4cccs4)CC3)nc2)cc1C. The number of anilines is 3. The largest absolute Gasteiger partial charge is 0.355 e. The number of carbonyl (C=O) groups excluding carboxylic acids is 2. The third-order valence-electron chi connectivity index (χ3n) is 5.61. The summed E-state index contributed by atoms with van der Waals surface area (Å²) in [6.07, 6.45) is 2.55. The Morgan fingerprint density at radius 3 is 2.47 bits per heavy atom. The number of hydrogen-bond donors (Lipinski definition) is 2. The summed E-state index contributed by atoms with van der Waals surface area (Å²) in [5.74, 6) is 0.944. The Morgan fingerprint density at radius 1 is 0.938 bits per heavy atom. The van der Waals surface area contributed by atoms with Crippen molar-refractivity contribution >= 4 is 40.5 Å². The molecule has 1 aliphatic rings. The highest BCUT2D eigenvalue weighted by molar-refractivity contribution is 7.12. The van der Waals surface area contributed by atoms with Crippen LogP contribution in [0.2, 0.25) is 0 Å². The first-order chi connectivity index (χ1) is 15.5. The zero-order valence-corrected chi connectivity index (χ0v) is 19.1. The van der Waals surface area contributed by atoms with Gasteiger partial charge in [-0.1, -0.05) is 12.1 Å². The first-order valence-electron chi connectivity index (χ1n) is 10.7. The van der Waals surface area contributed by atoms with Gasteiger partial charge < -0.3 is 20.4 Å². The average Bonchev–Trinajstić information content (AvgIpc) is 3.21. The van der Waals surface area contributed by atoms with Gasteiger partial charge in [-0.25, -0.2) is 9.78 Å². The molecule has 1 aliphatic heterocycles. The molecule has 7 nitrogen and oxygen atoms in total. The molecule has 3 amide bonds. The van der Waals surface area contributed by atoms with Crippen molar-refractivity contribution in [1.82, 2.24) is 9.88 Å². The van der Waals surface area contributed by atoms with E-state index >= 15 is 0 Å². The zero-order valence-electron chi connectivity index (χ0n) is 18.3. The summed E-state index contributed by atoms with van der Waals surface area (Å²) in [4.78, 5) is 34.3. The number of carbonyl (C=O) groups is 2. The molecule has 0 aliphatic carbocycles. The molecule has 2 aromatic heterocycles. The standard InChI is InChI=1S/C24H27N5O2S/c1-17-6-7-19(15-18(17)2)26-24(31)27-20-8-9-22(25-16-20)28-10-4-11-29(13-12-28)23(30)21-5-3-14-32-21/h3,5-9,14-16H,4,10-13H2,1-2H3,(H2,26,27,31). The third-order valence-corrected chi connectivity index (χ3v) is 6.47. The molecule has 2 N–H and O–H groups in total. The van der Waals surface area contributed by atoms with Gasteiger partial charge in [-0.05, 0) is 67.1 Å². The Kier molecular flexibility index (Phi) is 6.70.